The van der Waals surface area contributed by atoms with E-state index in [1.807, 2.05) is 11.8 Å². The number of hydrogen-bond acceptors (Lipinski definition) is 4. The van der Waals surface area contributed by atoms with Crippen molar-refractivity contribution < 1.29 is 0 Å². The highest BCUT2D eigenvalue weighted by Gasteiger charge is 2.45. The summed E-state index contributed by atoms with van der Waals surface area (Å²) in [6, 6.07) is 0. The van der Waals surface area contributed by atoms with E-state index in [2.05, 4.69) is 38.2 Å². The first kappa shape index (κ1) is 14.3. The molecule has 0 bridgehead atoms. The van der Waals surface area contributed by atoms with Gasteiger partial charge >= 0.3 is 0 Å². The van der Waals surface area contributed by atoms with Gasteiger partial charge in [0.25, 0.3) is 0 Å². The molecule has 0 aliphatic carbocycles. The third kappa shape index (κ3) is 3.13. The van der Waals surface area contributed by atoms with E-state index in [0.29, 0.717) is 5.41 Å². The molecule has 1 heterocycles. The molecule has 0 radical (unpaired) electrons. The summed E-state index contributed by atoms with van der Waals surface area (Å²) in [6.07, 6.45) is 1.25. The molecule has 3 nitrogen and oxygen atoms in total. The second-order valence-electron chi connectivity index (χ2n) is 5.70. The zero-order valence-corrected chi connectivity index (χ0v) is 12.0. The van der Waals surface area contributed by atoms with Gasteiger partial charge in [0.15, 0.2) is 0 Å². The van der Waals surface area contributed by atoms with Gasteiger partial charge in [0.2, 0.25) is 0 Å². The highest BCUT2D eigenvalue weighted by molar-refractivity contribution is 7.99. The van der Waals surface area contributed by atoms with Crippen LogP contribution in [-0.2, 0) is 0 Å². The average molecular weight is 245 g/mol. The Bertz CT molecular complexity index is 218. The average Bonchev–Trinajstić information content (AvgIpc) is 2.20. The zero-order valence-electron chi connectivity index (χ0n) is 11.2. The number of likely N-dealkylation sites (N-methyl/N-ethyl adjacent to an activating group) is 1. The molecular weight excluding hydrogens is 218 g/mol. The summed E-state index contributed by atoms with van der Waals surface area (Å²) in [5.74, 6) is 2.41. The summed E-state index contributed by atoms with van der Waals surface area (Å²) >= 11 is 2.03. The lowest BCUT2D eigenvalue weighted by Gasteiger charge is -2.50. The maximum absolute atomic E-state index is 6.04. The van der Waals surface area contributed by atoms with Crippen molar-refractivity contribution in [3.05, 3.63) is 0 Å². The first-order valence-corrected chi connectivity index (χ1v) is 7.27. The summed E-state index contributed by atoms with van der Waals surface area (Å²) in [4.78, 5) is 2.21. The van der Waals surface area contributed by atoms with Gasteiger partial charge in [-0.1, -0.05) is 13.8 Å². The SMILES string of the molecule is CN(C)CCNC1(CN)CSCCC1(C)C. The predicted octanol–water partition coefficient (Wildman–Crippen LogP) is 0.998. The van der Waals surface area contributed by atoms with Crippen LogP contribution in [0.2, 0.25) is 0 Å². The van der Waals surface area contributed by atoms with Crippen molar-refractivity contribution in [2.45, 2.75) is 25.8 Å². The van der Waals surface area contributed by atoms with E-state index < -0.39 is 0 Å². The smallest absolute Gasteiger partial charge is 0.0447 e. The third-order valence-corrected chi connectivity index (χ3v) is 5.08. The highest BCUT2D eigenvalue weighted by Crippen LogP contribution is 2.41. The standard InChI is InChI=1S/C12H27N3S/c1-11(2)5-8-16-10-12(11,9-13)14-6-7-15(3)4/h14H,5-10,13H2,1-4H3. The Balaban J connectivity index is 2.60. The molecule has 0 aromatic heterocycles. The molecular formula is C12H27N3S. The minimum Gasteiger partial charge on any atom is -0.329 e. The molecule has 16 heavy (non-hydrogen) atoms. The van der Waals surface area contributed by atoms with E-state index in [0.717, 1.165) is 25.4 Å². The molecule has 0 spiro atoms. The molecule has 1 rings (SSSR count). The maximum atomic E-state index is 6.04. The molecule has 96 valence electrons. The molecule has 1 aliphatic heterocycles. The van der Waals surface area contributed by atoms with Crippen LogP contribution in [0.15, 0.2) is 0 Å². The molecule has 1 fully saturated rings. The Morgan fingerprint density at radius 2 is 2.06 bits per heavy atom. The van der Waals surface area contributed by atoms with Gasteiger partial charge in [-0.05, 0) is 31.7 Å². The van der Waals surface area contributed by atoms with Crippen molar-refractivity contribution in [2.24, 2.45) is 11.1 Å². The minimum atomic E-state index is 0.117. The molecule has 1 unspecified atom stereocenters. The second-order valence-corrected chi connectivity index (χ2v) is 6.81. The molecule has 0 saturated carbocycles. The summed E-state index contributed by atoms with van der Waals surface area (Å²) in [5, 5.41) is 3.72. The molecule has 1 saturated heterocycles. The Morgan fingerprint density at radius 1 is 1.38 bits per heavy atom. The fraction of sp³-hybridized carbons (Fsp3) is 1.00. The maximum Gasteiger partial charge on any atom is 0.0447 e. The zero-order chi connectivity index (χ0) is 12.2. The van der Waals surface area contributed by atoms with E-state index >= 15 is 0 Å². The van der Waals surface area contributed by atoms with Gasteiger partial charge in [0.1, 0.15) is 0 Å². The fourth-order valence-corrected chi connectivity index (χ4v) is 3.98. The lowest BCUT2D eigenvalue weighted by molar-refractivity contribution is 0.134. The Kier molecular flexibility index (Phi) is 5.10. The van der Waals surface area contributed by atoms with Crippen molar-refractivity contribution in [3.63, 3.8) is 0 Å². The van der Waals surface area contributed by atoms with Gasteiger partial charge in [-0.25, -0.2) is 0 Å². The van der Waals surface area contributed by atoms with E-state index in [-0.39, 0.29) is 5.54 Å². The van der Waals surface area contributed by atoms with Crippen LogP contribution in [0.25, 0.3) is 0 Å². The van der Waals surface area contributed by atoms with Crippen LogP contribution < -0.4 is 11.1 Å². The fourth-order valence-electron chi connectivity index (χ4n) is 2.22. The van der Waals surface area contributed by atoms with Crippen molar-refractivity contribution in [1.82, 2.24) is 10.2 Å². The van der Waals surface area contributed by atoms with Crippen LogP contribution in [0, 0.1) is 5.41 Å². The number of nitrogens with one attached hydrogen (secondary N) is 1. The van der Waals surface area contributed by atoms with E-state index in [4.69, 9.17) is 5.73 Å². The van der Waals surface area contributed by atoms with Gasteiger partial charge in [0, 0.05) is 30.9 Å². The second kappa shape index (κ2) is 5.71. The van der Waals surface area contributed by atoms with Gasteiger partial charge in [-0.15, -0.1) is 0 Å². The summed E-state index contributed by atoms with van der Waals surface area (Å²) in [6.45, 7) is 7.53. The molecule has 0 aromatic rings. The number of hydrogen-bond donors (Lipinski definition) is 2. The van der Waals surface area contributed by atoms with Crippen LogP contribution >= 0.6 is 11.8 Å². The van der Waals surface area contributed by atoms with Gasteiger partial charge in [0.05, 0.1) is 0 Å². The Hall–Kier alpha value is 0.230. The van der Waals surface area contributed by atoms with Crippen LogP contribution in [0.5, 0.6) is 0 Å². The number of rotatable bonds is 5. The minimum absolute atomic E-state index is 0.117. The van der Waals surface area contributed by atoms with Crippen molar-refractivity contribution in [3.8, 4) is 0 Å². The number of thioether (sulfide) groups is 1. The van der Waals surface area contributed by atoms with Crippen LogP contribution in [0.1, 0.15) is 20.3 Å². The van der Waals surface area contributed by atoms with E-state index in [9.17, 15) is 0 Å². The summed E-state index contributed by atoms with van der Waals surface area (Å²) < 4.78 is 0. The van der Waals surface area contributed by atoms with Crippen LogP contribution in [-0.4, -0.2) is 55.7 Å². The van der Waals surface area contributed by atoms with Crippen LogP contribution in [0.4, 0.5) is 0 Å². The van der Waals surface area contributed by atoms with Crippen LogP contribution in [0.3, 0.4) is 0 Å². The van der Waals surface area contributed by atoms with Crippen molar-refractivity contribution >= 4 is 11.8 Å². The molecule has 1 aliphatic rings. The lowest BCUT2D eigenvalue weighted by atomic mass is 9.71. The lowest BCUT2D eigenvalue weighted by Crippen LogP contribution is -2.65. The summed E-state index contributed by atoms with van der Waals surface area (Å²) in [7, 11) is 4.22. The molecule has 3 N–H and O–H groups in total. The van der Waals surface area contributed by atoms with Gasteiger partial charge < -0.3 is 16.0 Å². The topological polar surface area (TPSA) is 41.3 Å². The quantitative estimate of drug-likeness (QED) is 0.758. The van der Waals surface area contributed by atoms with Crippen molar-refractivity contribution in [2.75, 3.05) is 45.2 Å². The Labute approximate surface area is 105 Å². The summed E-state index contributed by atoms with van der Waals surface area (Å²) in [5.41, 5.74) is 6.46. The number of nitrogens with two attached hydrogens (primary N) is 1. The van der Waals surface area contributed by atoms with Crippen molar-refractivity contribution in [1.29, 1.82) is 0 Å². The van der Waals surface area contributed by atoms with E-state index in [1.54, 1.807) is 0 Å². The van der Waals surface area contributed by atoms with E-state index in [1.165, 1.54) is 12.2 Å². The Morgan fingerprint density at radius 3 is 2.56 bits per heavy atom. The first-order chi connectivity index (χ1) is 7.43. The third-order valence-electron chi connectivity index (χ3n) is 3.89. The monoisotopic (exact) mass is 245 g/mol. The molecule has 0 amide bonds. The first-order valence-electron chi connectivity index (χ1n) is 6.11. The van der Waals surface area contributed by atoms with Gasteiger partial charge in [-0.3, -0.25) is 0 Å². The van der Waals surface area contributed by atoms with Gasteiger partial charge in [-0.2, -0.15) is 11.8 Å². The molecule has 4 heteroatoms. The molecule has 0 aromatic carbocycles. The predicted molar refractivity (Wildman–Crippen MR) is 74.1 cm³/mol. The highest BCUT2D eigenvalue weighted by atomic mass is 32.2. The largest absolute Gasteiger partial charge is 0.329 e. The normalized spacial score (nSPS) is 29.6. The molecule has 1 atom stereocenters. The number of nitrogens with zero attached hydrogens (tertiary/aromatic N) is 1.